The maximum absolute atomic E-state index is 12.5. The number of carboxylic acid groups (broad SMARTS) is 1. The Hall–Kier alpha value is -3.33. The summed E-state index contributed by atoms with van der Waals surface area (Å²) in [6, 6.07) is 8.81. The van der Waals surface area contributed by atoms with E-state index in [4.69, 9.17) is 9.52 Å². The molecule has 0 radical (unpaired) electrons. The lowest BCUT2D eigenvalue weighted by atomic mass is 10.1. The van der Waals surface area contributed by atoms with Gasteiger partial charge in [0.15, 0.2) is 0 Å². The van der Waals surface area contributed by atoms with E-state index >= 15 is 0 Å². The zero-order chi connectivity index (χ0) is 19.6. The number of esters is 1. The summed E-state index contributed by atoms with van der Waals surface area (Å²) in [5.41, 5.74) is 0.718. The van der Waals surface area contributed by atoms with Crippen molar-refractivity contribution in [3.8, 4) is 0 Å². The molecule has 1 aromatic heterocycles. The molecule has 8 nitrogen and oxygen atoms in total. The highest BCUT2D eigenvalue weighted by Crippen LogP contribution is 2.33. The first-order valence-corrected chi connectivity index (χ1v) is 8.46. The number of thioether (sulfide) groups is 1. The Balaban J connectivity index is 1.75. The van der Waals surface area contributed by atoms with Crippen LogP contribution in [0.25, 0.3) is 6.08 Å². The predicted molar refractivity (Wildman–Crippen MR) is 95.0 cm³/mol. The number of ether oxygens (including phenoxy) is 1. The molecule has 2 amide bonds. The van der Waals surface area contributed by atoms with Crippen molar-refractivity contribution in [2.45, 2.75) is 6.54 Å². The molecule has 0 aliphatic carbocycles. The average Bonchev–Trinajstić information content (AvgIpc) is 3.22. The molecule has 0 atom stereocenters. The molecule has 1 aliphatic rings. The van der Waals surface area contributed by atoms with Gasteiger partial charge in [0.05, 0.1) is 24.1 Å². The standard InChI is InChI=1S/C18H13NO7S/c1-25-17(23)13-7-6-12(26-13)9-19-15(20)14(27-18(19)24)8-10-2-4-11(5-3-10)16(21)22/h2-8H,9H2,1H3,(H,21,22). The van der Waals surface area contributed by atoms with Gasteiger partial charge in [0.2, 0.25) is 5.76 Å². The van der Waals surface area contributed by atoms with Crippen LogP contribution in [0.1, 0.15) is 32.2 Å². The van der Waals surface area contributed by atoms with Crippen LogP contribution in [0, 0.1) is 0 Å². The molecule has 0 unspecified atom stereocenters. The van der Waals surface area contributed by atoms with E-state index in [2.05, 4.69) is 4.74 Å². The molecule has 1 aromatic carbocycles. The van der Waals surface area contributed by atoms with Crippen LogP contribution in [0.3, 0.4) is 0 Å². The van der Waals surface area contributed by atoms with Crippen LogP contribution in [0.5, 0.6) is 0 Å². The van der Waals surface area contributed by atoms with Crippen LogP contribution in [-0.4, -0.2) is 40.2 Å². The second-order valence-electron chi connectivity index (χ2n) is 5.45. The third kappa shape index (κ3) is 3.93. The van der Waals surface area contributed by atoms with Crippen LogP contribution < -0.4 is 0 Å². The molecule has 1 N–H and O–H groups in total. The number of imide groups is 1. The minimum atomic E-state index is -1.05. The van der Waals surface area contributed by atoms with Crippen molar-refractivity contribution >= 4 is 40.9 Å². The number of carboxylic acids is 1. The van der Waals surface area contributed by atoms with Gasteiger partial charge in [-0.15, -0.1) is 0 Å². The van der Waals surface area contributed by atoms with Gasteiger partial charge < -0.3 is 14.3 Å². The fourth-order valence-corrected chi connectivity index (χ4v) is 3.18. The number of methoxy groups -OCH3 is 1. The number of amides is 2. The summed E-state index contributed by atoms with van der Waals surface area (Å²) in [4.78, 5) is 48.1. The van der Waals surface area contributed by atoms with E-state index in [-0.39, 0.29) is 28.5 Å². The van der Waals surface area contributed by atoms with Crippen molar-refractivity contribution < 1.29 is 33.4 Å². The van der Waals surface area contributed by atoms with E-state index < -0.39 is 23.1 Å². The molecule has 1 fully saturated rings. The quantitative estimate of drug-likeness (QED) is 0.615. The molecule has 0 bridgehead atoms. The van der Waals surface area contributed by atoms with E-state index in [1.54, 1.807) is 12.1 Å². The Morgan fingerprint density at radius 1 is 1.19 bits per heavy atom. The summed E-state index contributed by atoms with van der Waals surface area (Å²) in [7, 11) is 1.22. The highest BCUT2D eigenvalue weighted by molar-refractivity contribution is 8.18. The van der Waals surface area contributed by atoms with Crippen LogP contribution in [-0.2, 0) is 16.1 Å². The number of carbonyl (C=O) groups is 4. The lowest BCUT2D eigenvalue weighted by molar-refractivity contribution is -0.123. The molecule has 2 heterocycles. The third-order valence-corrected chi connectivity index (χ3v) is 4.60. The fraction of sp³-hybridized carbons (Fsp3) is 0.111. The highest BCUT2D eigenvalue weighted by atomic mass is 32.2. The van der Waals surface area contributed by atoms with E-state index in [0.717, 1.165) is 16.7 Å². The first-order chi connectivity index (χ1) is 12.9. The minimum absolute atomic E-state index is 0.0199. The van der Waals surface area contributed by atoms with Crippen molar-refractivity contribution in [1.82, 2.24) is 4.90 Å². The Morgan fingerprint density at radius 2 is 1.89 bits per heavy atom. The molecular weight excluding hydrogens is 374 g/mol. The molecule has 9 heteroatoms. The van der Waals surface area contributed by atoms with Crippen molar-refractivity contribution in [3.63, 3.8) is 0 Å². The molecule has 1 saturated heterocycles. The van der Waals surface area contributed by atoms with Gasteiger partial charge >= 0.3 is 11.9 Å². The average molecular weight is 387 g/mol. The first-order valence-electron chi connectivity index (χ1n) is 7.65. The van der Waals surface area contributed by atoms with Gasteiger partial charge in [-0.1, -0.05) is 12.1 Å². The lowest BCUT2D eigenvalue weighted by Gasteiger charge is -2.09. The van der Waals surface area contributed by atoms with E-state index in [1.807, 2.05) is 0 Å². The summed E-state index contributed by atoms with van der Waals surface area (Å²) in [5, 5.41) is 8.43. The number of aromatic carboxylic acids is 1. The molecule has 2 aromatic rings. The van der Waals surface area contributed by atoms with Crippen molar-refractivity contribution in [2.24, 2.45) is 0 Å². The maximum atomic E-state index is 12.5. The topological polar surface area (TPSA) is 114 Å². The molecule has 3 rings (SSSR count). The van der Waals surface area contributed by atoms with Crippen molar-refractivity contribution in [1.29, 1.82) is 0 Å². The summed E-state index contributed by atoms with van der Waals surface area (Å²) in [6.45, 7) is -0.114. The Kier molecular flexibility index (Phi) is 5.13. The molecule has 0 spiro atoms. The third-order valence-electron chi connectivity index (χ3n) is 3.69. The number of rotatable bonds is 5. The second-order valence-corrected chi connectivity index (χ2v) is 6.45. The van der Waals surface area contributed by atoms with E-state index in [9.17, 15) is 19.2 Å². The van der Waals surface area contributed by atoms with Crippen molar-refractivity contribution in [3.05, 3.63) is 64.0 Å². The predicted octanol–water partition coefficient (Wildman–Crippen LogP) is 3.00. The zero-order valence-electron chi connectivity index (χ0n) is 14.0. The highest BCUT2D eigenvalue weighted by Gasteiger charge is 2.35. The number of hydrogen-bond donors (Lipinski definition) is 1. The monoisotopic (exact) mass is 387 g/mol. The van der Waals surface area contributed by atoms with Crippen LogP contribution in [0.4, 0.5) is 4.79 Å². The summed E-state index contributed by atoms with van der Waals surface area (Å²) in [6.07, 6.45) is 1.51. The molecule has 0 saturated carbocycles. The van der Waals surface area contributed by atoms with Crippen LogP contribution in [0.15, 0.2) is 45.7 Å². The van der Waals surface area contributed by atoms with Gasteiger partial charge in [0.25, 0.3) is 11.1 Å². The summed E-state index contributed by atoms with van der Waals surface area (Å²) < 4.78 is 9.82. The number of nitrogens with zero attached hydrogens (tertiary/aromatic N) is 1. The summed E-state index contributed by atoms with van der Waals surface area (Å²) >= 11 is 0.773. The molecular formula is C18H13NO7S. The molecule has 27 heavy (non-hydrogen) atoms. The smallest absolute Gasteiger partial charge is 0.373 e. The SMILES string of the molecule is COC(=O)c1ccc(CN2C(=O)SC(=Cc3ccc(C(=O)O)cc3)C2=O)o1. The number of benzene rings is 1. The van der Waals surface area contributed by atoms with Gasteiger partial charge in [-0.05, 0) is 47.7 Å². The fourth-order valence-electron chi connectivity index (χ4n) is 2.34. The van der Waals surface area contributed by atoms with Gasteiger partial charge in [0.1, 0.15) is 5.76 Å². The number of carbonyl (C=O) groups excluding carboxylic acids is 3. The summed E-state index contributed by atoms with van der Waals surface area (Å²) in [5.74, 6) is -1.95. The van der Waals surface area contributed by atoms with E-state index in [0.29, 0.717) is 5.56 Å². The van der Waals surface area contributed by atoms with Crippen LogP contribution >= 0.6 is 11.8 Å². The van der Waals surface area contributed by atoms with Gasteiger partial charge in [-0.2, -0.15) is 0 Å². The number of hydrogen-bond acceptors (Lipinski definition) is 7. The molecule has 1 aliphatic heterocycles. The Bertz CT molecular complexity index is 958. The maximum Gasteiger partial charge on any atom is 0.373 e. The van der Waals surface area contributed by atoms with Crippen LogP contribution in [0.2, 0.25) is 0 Å². The zero-order valence-corrected chi connectivity index (χ0v) is 14.8. The van der Waals surface area contributed by atoms with Gasteiger partial charge in [0, 0.05) is 0 Å². The molecule has 138 valence electrons. The van der Waals surface area contributed by atoms with E-state index in [1.165, 1.54) is 37.5 Å². The Labute approximate surface area is 157 Å². The first kappa shape index (κ1) is 18.5. The van der Waals surface area contributed by atoms with Gasteiger partial charge in [-0.3, -0.25) is 14.5 Å². The van der Waals surface area contributed by atoms with Crippen molar-refractivity contribution in [2.75, 3.05) is 7.11 Å². The number of furan rings is 1. The normalized spacial score (nSPS) is 15.4. The Morgan fingerprint density at radius 3 is 2.52 bits per heavy atom. The minimum Gasteiger partial charge on any atom is -0.478 e. The largest absolute Gasteiger partial charge is 0.478 e. The van der Waals surface area contributed by atoms with Gasteiger partial charge in [-0.25, -0.2) is 9.59 Å². The second kappa shape index (κ2) is 7.50. The lowest BCUT2D eigenvalue weighted by Crippen LogP contribution is -2.27.